The number of nitrogens with zero attached hydrogens (tertiary/aromatic N) is 2. The van der Waals surface area contributed by atoms with Crippen LogP contribution in [0.4, 0.5) is 0 Å². The number of hydrogen-bond donors (Lipinski definition) is 1. The Hall–Kier alpha value is -0.620. The van der Waals surface area contributed by atoms with Crippen molar-refractivity contribution >= 4 is 12.4 Å². The molecule has 6 heteroatoms. The summed E-state index contributed by atoms with van der Waals surface area (Å²) < 4.78 is 13.5. The summed E-state index contributed by atoms with van der Waals surface area (Å²) in [5.41, 5.74) is 1.20. The number of rotatable bonds is 4. The van der Waals surface area contributed by atoms with Gasteiger partial charge in [0.25, 0.3) is 0 Å². The highest BCUT2D eigenvalue weighted by Crippen LogP contribution is 2.19. The van der Waals surface area contributed by atoms with Crippen molar-refractivity contribution in [3.05, 3.63) is 17.7 Å². The fraction of sp³-hybridized carbons (Fsp3) is 0.786. The van der Waals surface area contributed by atoms with Crippen LogP contribution in [0.1, 0.15) is 37.3 Å². The van der Waals surface area contributed by atoms with Crippen molar-refractivity contribution in [1.29, 1.82) is 0 Å². The molecule has 1 unspecified atom stereocenters. The topological polar surface area (TPSA) is 48.3 Å². The Morgan fingerprint density at radius 2 is 2.25 bits per heavy atom. The second kappa shape index (κ2) is 7.41. The molecule has 1 atom stereocenters. The van der Waals surface area contributed by atoms with Gasteiger partial charge >= 0.3 is 0 Å². The van der Waals surface area contributed by atoms with E-state index in [9.17, 15) is 0 Å². The van der Waals surface area contributed by atoms with E-state index in [4.69, 9.17) is 9.47 Å². The van der Waals surface area contributed by atoms with E-state index >= 15 is 0 Å². The van der Waals surface area contributed by atoms with Gasteiger partial charge in [0.1, 0.15) is 5.82 Å². The minimum absolute atomic E-state index is 0. The Labute approximate surface area is 126 Å². The monoisotopic (exact) mass is 301 g/mol. The maximum absolute atomic E-state index is 5.88. The molecule has 0 aliphatic carbocycles. The predicted molar refractivity (Wildman–Crippen MR) is 79.1 cm³/mol. The smallest absolute Gasteiger partial charge is 0.125 e. The summed E-state index contributed by atoms with van der Waals surface area (Å²) in [6, 6.07) is 0.345. The summed E-state index contributed by atoms with van der Waals surface area (Å²) in [5.74, 6) is 1.80. The van der Waals surface area contributed by atoms with Crippen molar-refractivity contribution in [1.82, 2.24) is 14.9 Å². The van der Waals surface area contributed by atoms with E-state index in [1.807, 2.05) is 6.20 Å². The summed E-state index contributed by atoms with van der Waals surface area (Å²) in [7, 11) is 0. The van der Waals surface area contributed by atoms with Crippen LogP contribution in [-0.2, 0) is 22.6 Å². The summed E-state index contributed by atoms with van der Waals surface area (Å²) in [6.07, 6.45) is 4.22. The zero-order chi connectivity index (χ0) is 13.1. The van der Waals surface area contributed by atoms with E-state index in [-0.39, 0.29) is 12.4 Å². The molecule has 1 saturated heterocycles. The maximum Gasteiger partial charge on any atom is 0.125 e. The lowest BCUT2D eigenvalue weighted by atomic mass is 10.0. The Balaban J connectivity index is 0.00000147. The minimum Gasteiger partial charge on any atom is -0.381 e. The average Bonchev–Trinajstić information content (AvgIpc) is 2.85. The molecule has 2 aliphatic heterocycles. The third kappa shape index (κ3) is 3.52. The molecule has 0 saturated carbocycles. The lowest BCUT2D eigenvalue weighted by molar-refractivity contribution is 0.0143. The van der Waals surface area contributed by atoms with Crippen molar-refractivity contribution < 1.29 is 9.47 Å². The van der Waals surface area contributed by atoms with Crippen LogP contribution >= 0.6 is 12.4 Å². The van der Waals surface area contributed by atoms with Crippen LogP contribution in [-0.4, -0.2) is 35.9 Å². The van der Waals surface area contributed by atoms with E-state index in [2.05, 4.69) is 21.8 Å². The van der Waals surface area contributed by atoms with E-state index in [1.54, 1.807) is 0 Å². The van der Waals surface area contributed by atoms with Crippen LogP contribution in [0.15, 0.2) is 6.20 Å². The van der Waals surface area contributed by atoms with Crippen LogP contribution in [0, 0.1) is 5.92 Å². The summed E-state index contributed by atoms with van der Waals surface area (Å²) in [5, 5.41) is 3.42. The van der Waals surface area contributed by atoms with E-state index in [1.165, 1.54) is 5.69 Å². The highest BCUT2D eigenvalue weighted by molar-refractivity contribution is 5.85. The van der Waals surface area contributed by atoms with Gasteiger partial charge in [-0.25, -0.2) is 4.98 Å². The third-order valence-electron chi connectivity index (χ3n) is 4.09. The molecule has 20 heavy (non-hydrogen) atoms. The first-order valence-electron chi connectivity index (χ1n) is 7.28. The van der Waals surface area contributed by atoms with Gasteiger partial charge in [0.15, 0.2) is 0 Å². The standard InChI is InChI=1S/C14H23N3O2.ClH/c1-11-14-16-8-13(17(14)5-4-15-11)10-19-9-12-2-6-18-7-3-12;/h8,11-12,15H,2-7,9-10H2,1H3;1H. The summed E-state index contributed by atoms with van der Waals surface area (Å²) in [4.78, 5) is 4.50. The molecule has 3 rings (SSSR count). The molecule has 5 nitrogen and oxygen atoms in total. The predicted octanol–water partition coefficient (Wildman–Crippen LogP) is 1.91. The summed E-state index contributed by atoms with van der Waals surface area (Å²) in [6.45, 7) is 7.46. The zero-order valence-electron chi connectivity index (χ0n) is 12.0. The van der Waals surface area contributed by atoms with Gasteiger partial charge in [-0.2, -0.15) is 0 Å². The molecule has 1 aromatic rings. The van der Waals surface area contributed by atoms with E-state index < -0.39 is 0 Å². The van der Waals surface area contributed by atoms with Crippen LogP contribution in [0.2, 0.25) is 0 Å². The first kappa shape index (κ1) is 15.8. The Morgan fingerprint density at radius 3 is 3.05 bits per heavy atom. The van der Waals surface area contributed by atoms with E-state index in [0.717, 1.165) is 51.6 Å². The molecule has 1 fully saturated rings. The maximum atomic E-state index is 5.88. The van der Waals surface area contributed by atoms with Gasteiger partial charge in [0.2, 0.25) is 0 Å². The number of halogens is 1. The van der Waals surface area contributed by atoms with Gasteiger partial charge in [-0.3, -0.25) is 0 Å². The van der Waals surface area contributed by atoms with Gasteiger partial charge in [-0.1, -0.05) is 0 Å². The van der Waals surface area contributed by atoms with Gasteiger partial charge in [-0.05, 0) is 25.7 Å². The van der Waals surface area contributed by atoms with Crippen LogP contribution in [0.5, 0.6) is 0 Å². The van der Waals surface area contributed by atoms with Gasteiger partial charge in [0, 0.05) is 26.3 Å². The molecule has 114 valence electrons. The normalized spacial score (nSPS) is 23.1. The minimum atomic E-state index is 0. The highest BCUT2D eigenvalue weighted by Gasteiger charge is 2.20. The molecule has 0 bridgehead atoms. The van der Waals surface area contributed by atoms with Crippen LogP contribution in [0.25, 0.3) is 0 Å². The molecule has 1 N–H and O–H groups in total. The van der Waals surface area contributed by atoms with Crippen LogP contribution in [0.3, 0.4) is 0 Å². The molecule has 2 aliphatic rings. The fourth-order valence-corrected chi connectivity index (χ4v) is 2.87. The second-order valence-electron chi connectivity index (χ2n) is 5.51. The van der Waals surface area contributed by atoms with Gasteiger partial charge in [-0.15, -0.1) is 12.4 Å². The fourth-order valence-electron chi connectivity index (χ4n) is 2.87. The van der Waals surface area contributed by atoms with Crippen LogP contribution < -0.4 is 5.32 Å². The summed E-state index contributed by atoms with van der Waals surface area (Å²) >= 11 is 0. The number of aromatic nitrogens is 2. The number of ether oxygens (including phenoxy) is 2. The SMILES string of the molecule is CC1NCCn2c(COCC3CCOCC3)cnc21.Cl. The highest BCUT2D eigenvalue weighted by atomic mass is 35.5. The largest absolute Gasteiger partial charge is 0.381 e. The number of hydrogen-bond acceptors (Lipinski definition) is 4. The van der Waals surface area contributed by atoms with Crippen molar-refractivity contribution in [2.75, 3.05) is 26.4 Å². The molecule has 0 amide bonds. The Morgan fingerprint density at radius 1 is 1.45 bits per heavy atom. The number of nitrogens with one attached hydrogen (secondary N) is 1. The van der Waals surface area contributed by atoms with Crippen molar-refractivity contribution in [3.63, 3.8) is 0 Å². The molecule has 3 heterocycles. The molecular weight excluding hydrogens is 278 g/mol. The molecule has 0 aromatic carbocycles. The van der Waals surface area contributed by atoms with Crippen molar-refractivity contribution in [3.8, 4) is 0 Å². The number of fused-ring (bicyclic) bond motifs is 1. The third-order valence-corrected chi connectivity index (χ3v) is 4.09. The van der Waals surface area contributed by atoms with Gasteiger partial charge in [0.05, 0.1) is 31.1 Å². The molecule has 1 aromatic heterocycles. The average molecular weight is 302 g/mol. The zero-order valence-corrected chi connectivity index (χ0v) is 12.8. The van der Waals surface area contributed by atoms with E-state index in [0.29, 0.717) is 18.6 Å². The van der Waals surface area contributed by atoms with Crippen molar-refractivity contribution in [2.45, 2.75) is 39.0 Å². The Kier molecular flexibility index (Phi) is 5.84. The lowest BCUT2D eigenvalue weighted by Crippen LogP contribution is -2.32. The number of imidazole rings is 1. The van der Waals surface area contributed by atoms with Gasteiger partial charge < -0.3 is 19.4 Å². The first-order valence-corrected chi connectivity index (χ1v) is 7.28. The lowest BCUT2D eigenvalue weighted by Gasteiger charge is -2.24. The molecular formula is C14H24ClN3O2. The first-order chi connectivity index (χ1) is 9.34. The molecule has 0 radical (unpaired) electrons. The second-order valence-corrected chi connectivity index (χ2v) is 5.51. The van der Waals surface area contributed by atoms with Crippen molar-refractivity contribution in [2.24, 2.45) is 5.92 Å². The quantitative estimate of drug-likeness (QED) is 0.923. The Bertz CT molecular complexity index is 419. The molecule has 0 spiro atoms.